The molecule has 19 heavy (non-hydrogen) atoms. The fourth-order valence-electron chi connectivity index (χ4n) is 2.25. The normalized spacial score (nSPS) is 23.7. The van der Waals surface area contributed by atoms with Gasteiger partial charge in [0.15, 0.2) is 6.29 Å². The lowest BCUT2D eigenvalue weighted by atomic mass is 9.95. The standard InChI is InChI=1S/C13H18IO4P/c1-13(14,6-5-12-17-7-2-8-18-12)10-3-4-11(9-10)19(15)16/h3-4,12H,2,5-9H2,1H3. The second kappa shape index (κ2) is 6.66. The molecule has 0 saturated carbocycles. The zero-order valence-electron chi connectivity index (χ0n) is 10.9. The molecule has 1 heterocycles. The number of hydrogen-bond donors (Lipinski definition) is 0. The van der Waals surface area contributed by atoms with Gasteiger partial charge >= 0.3 is 7.68 Å². The number of rotatable bonds is 5. The minimum absolute atomic E-state index is 0.0501. The molecule has 2 aliphatic rings. The highest BCUT2D eigenvalue weighted by Gasteiger charge is 2.30. The lowest BCUT2D eigenvalue weighted by Gasteiger charge is -2.29. The van der Waals surface area contributed by atoms with Gasteiger partial charge in [0.1, 0.15) is 0 Å². The molecular weight excluding hydrogens is 378 g/mol. The van der Waals surface area contributed by atoms with Gasteiger partial charge in [0.05, 0.1) is 18.5 Å². The maximum Gasteiger partial charge on any atom is 0.344 e. The molecular formula is C13H18IO4P. The molecule has 1 unspecified atom stereocenters. The third-order valence-corrected chi connectivity index (χ3v) is 5.51. The van der Waals surface area contributed by atoms with Gasteiger partial charge in [0, 0.05) is 9.84 Å². The number of ether oxygens (including phenoxy) is 2. The van der Waals surface area contributed by atoms with Gasteiger partial charge < -0.3 is 9.47 Å². The first kappa shape index (κ1) is 15.4. The van der Waals surface area contributed by atoms with E-state index in [2.05, 4.69) is 29.5 Å². The van der Waals surface area contributed by atoms with Crippen molar-refractivity contribution >= 4 is 30.3 Å². The molecule has 4 nitrogen and oxygen atoms in total. The molecule has 0 radical (unpaired) electrons. The molecule has 0 amide bonds. The van der Waals surface area contributed by atoms with E-state index in [0.717, 1.165) is 38.0 Å². The van der Waals surface area contributed by atoms with Crippen molar-refractivity contribution in [3.05, 3.63) is 23.0 Å². The Morgan fingerprint density at radius 2 is 2.05 bits per heavy atom. The van der Waals surface area contributed by atoms with Crippen molar-refractivity contribution in [3.8, 4) is 0 Å². The Morgan fingerprint density at radius 1 is 1.37 bits per heavy atom. The van der Waals surface area contributed by atoms with Crippen molar-refractivity contribution < 1.29 is 18.6 Å². The fraction of sp³-hybridized carbons (Fsp3) is 0.692. The van der Waals surface area contributed by atoms with Crippen LogP contribution in [0, 0.1) is 0 Å². The summed E-state index contributed by atoms with van der Waals surface area (Å²) in [6.45, 7) is 3.68. The molecule has 1 atom stereocenters. The Kier molecular flexibility index (Phi) is 5.40. The average Bonchev–Trinajstić information content (AvgIpc) is 2.88. The first-order chi connectivity index (χ1) is 8.99. The number of halogens is 1. The Labute approximate surface area is 127 Å². The summed E-state index contributed by atoms with van der Waals surface area (Å²) in [5.41, 5.74) is 1.16. The van der Waals surface area contributed by atoms with E-state index < -0.39 is 7.68 Å². The van der Waals surface area contributed by atoms with Crippen molar-refractivity contribution in [3.63, 3.8) is 0 Å². The van der Waals surface area contributed by atoms with Crippen LogP contribution < -0.4 is 0 Å². The maximum absolute atomic E-state index is 11.0. The van der Waals surface area contributed by atoms with Crippen LogP contribution in [-0.4, -0.2) is 22.9 Å². The summed E-state index contributed by atoms with van der Waals surface area (Å²) in [7, 11) is -2.44. The van der Waals surface area contributed by atoms with E-state index in [1.165, 1.54) is 0 Å². The Balaban J connectivity index is 1.85. The number of allylic oxidation sites excluding steroid dienone is 4. The molecule has 0 aromatic heterocycles. The topological polar surface area (TPSA) is 52.6 Å². The Bertz CT molecular complexity index is 451. The van der Waals surface area contributed by atoms with Gasteiger partial charge in [-0.3, -0.25) is 0 Å². The monoisotopic (exact) mass is 396 g/mol. The van der Waals surface area contributed by atoms with Crippen LogP contribution in [0.25, 0.3) is 0 Å². The van der Waals surface area contributed by atoms with Crippen LogP contribution in [-0.2, 0) is 18.6 Å². The van der Waals surface area contributed by atoms with Crippen LogP contribution in [0.5, 0.6) is 0 Å². The predicted octanol–water partition coefficient (Wildman–Crippen LogP) is 4.11. The third-order valence-electron chi connectivity index (χ3n) is 3.50. The van der Waals surface area contributed by atoms with Crippen molar-refractivity contribution in [2.75, 3.05) is 13.2 Å². The van der Waals surface area contributed by atoms with Gasteiger partial charge in [0.25, 0.3) is 0 Å². The van der Waals surface area contributed by atoms with E-state index in [-0.39, 0.29) is 9.71 Å². The zero-order valence-corrected chi connectivity index (χ0v) is 14.0. The minimum Gasteiger partial charge on any atom is -0.353 e. The van der Waals surface area contributed by atoms with Gasteiger partial charge in [0.2, 0.25) is 0 Å². The van der Waals surface area contributed by atoms with Gasteiger partial charge in [-0.2, -0.15) is 0 Å². The summed E-state index contributed by atoms with van der Waals surface area (Å²) in [5.74, 6) is 0. The second-order valence-corrected chi connectivity index (χ2v) is 8.51. The highest BCUT2D eigenvalue weighted by atomic mass is 127. The molecule has 0 spiro atoms. The summed E-state index contributed by atoms with van der Waals surface area (Å²) in [4.78, 5) is 0. The number of alkyl halides is 1. The van der Waals surface area contributed by atoms with Gasteiger partial charge in [-0.05, 0) is 37.8 Å². The second-order valence-electron chi connectivity index (χ2n) is 5.04. The Hall–Kier alpha value is 0.0300. The van der Waals surface area contributed by atoms with E-state index >= 15 is 0 Å². The molecule has 1 fully saturated rings. The lowest BCUT2D eigenvalue weighted by molar-refractivity contribution is -0.181. The Morgan fingerprint density at radius 3 is 2.63 bits per heavy atom. The summed E-state index contributed by atoms with van der Waals surface area (Å²) in [5, 5.41) is 0.512. The first-order valence-corrected chi connectivity index (χ1v) is 8.71. The van der Waals surface area contributed by atoms with E-state index in [0.29, 0.717) is 11.7 Å². The SMILES string of the molecule is CC(I)(CCC1OCCCO1)C1=CC=C(P(=O)=O)C1. The molecule has 1 saturated heterocycles. The highest BCUT2D eigenvalue weighted by molar-refractivity contribution is 14.1. The average molecular weight is 396 g/mol. The lowest BCUT2D eigenvalue weighted by Crippen LogP contribution is -2.28. The molecule has 0 bridgehead atoms. The van der Waals surface area contributed by atoms with Crippen LogP contribution in [0.1, 0.15) is 32.6 Å². The molecule has 1 aliphatic carbocycles. The molecule has 2 rings (SSSR count). The molecule has 6 heteroatoms. The van der Waals surface area contributed by atoms with Crippen molar-refractivity contribution in [1.29, 1.82) is 0 Å². The van der Waals surface area contributed by atoms with Crippen LogP contribution in [0.2, 0.25) is 0 Å². The van der Waals surface area contributed by atoms with Crippen LogP contribution in [0.3, 0.4) is 0 Å². The highest BCUT2D eigenvalue weighted by Crippen LogP contribution is 2.43. The maximum atomic E-state index is 11.0. The summed E-state index contributed by atoms with van der Waals surface area (Å²) in [6, 6.07) is 0. The number of hydrogen-bond acceptors (Lipinski definition) is 4. The summed E-state index contributed by atoms with van der Waals surface area (Å²) < 4.78 is 33.0. The largest absolute Gasteiger partial charge is 0.353 e. The van der Waals surface area contributed by atoms with Crippen molar-refractivity contribution in [2.45, 2.75) is 42.3 Å². The van der Waals surface area contributed by atoms with Crippen molar-refractivity contribution in [2.24, 2.45) is 0 Å². The zero-order chi connectivity index (χ0) is 13.9. The van der Waals surface area contributed by atoms with Gasteiger partial charge in [-0.15, -0.1) is 0 Å². The van der Waals surface area contributed by atoms with E-state index in [1.54, 1.807) is 6.08 Å². The van der Waals surface area contributed by atoms with E-state index in [9.17, 15) is 9.13 Å². The molecule has 1 aliphatic heterocycles. The van der Waals surface area contributed by atoms with Crippen LogP contribution in [0.15, 0.2) is 23.0 Å². The summed E-state index contributed by atoms with van der Waals surface area (Å²) in [6.07, 6.45) is 6.82. The van der Waals surface area contributed by atoms with Crippen molar-refractivity contribution in [1.82, 2.24) is 0 Å². The molecule has 0 N–H and O–H groups in total. The molecule has 0 aromatic rings. The fourth-order valence-corrected chi connectivity index (χ4v) is 3.42. The third kappa shape index (κ3) is 4.25. The molecule has 0 aromatic carbocycles. The smallest absolute Gasteiger partial charge is 0.344 e. The quantitative estimate of drug-likeness (QED) is 0.399. The van der Waals surface area contributed by atoms with Gasteiger partial charge in [-0.25, -0.2) is 9.13 Å². The van der Waals surface area contributed by atoms with E-state index in [4.69, 9.17) is 9.47 Å². The summed E-state index contributed by atoms with van der Waals surface area (Å²) >= 11 is 2.40. The molecule has 106 valence electrons. The van der Waals surface area contributed by atoms with Crippen LogP contribution in [0.4, 0.5) is 0 Å². The van der Waals surface area contributed by atoms with Crippen LogP contribution >= 0.6 is 30.3 Å². The minimum atomic E-state index is -2.44. The van der Waals surface area contributed by atoms with Gasteiger partial charge in [-0.1, -0.05) is 28.7 Å². The van der Waals surface area contributed by atoms with E-state index in [1.807, 2.05) is 6.08 Å². The first-order valence-electron chi connectivity index (χ1n) is 6.46. The predicted molar refractivity (Wildman–Crippen MR) is 81.0 cm³/mol.